The molecule has 0 spiro atoms. The first-order chi connectivity index (χ1) is 10.9. The molecule has 1 amide bonds. The number of rotatable bonds is 5. The van der Waals surface area contributed by atoms with Crippen LogP contribution in [0, 0.1) is 0 Å². The summed E-state index contributed by atoms with van der Waals surface area (Å²) < 4.78 is 26.6. The maximum atomic E-state index is 12.6. The highest BCUT2D eigenvalue weighted by Gasteiger charge is 2.29. The van der Waals surface area contributed by atoms with Crippen LogP contribution < -0.4 is 5.32 Å². The molecule has 7 heteroatoms. The number of halogens is 1. The number of anilines is 1. The van der Waals surface area contributed by atoms with Crippen LogP contribution in [-0.2, 0) is 14.8 Å². The van der Waals surface area contributed by atoms with E-state index in [-0.39, 0.29) is 15.8 Å². The highest BCUT2D eigenvalue weighted by atomic mass is 35.5. The summed E-state index contributed by atoms with van der Waals surface area (Å²) in [6.07, 6.45) is 8.19. The third-order valence-corrected chi connectivity index (χ3v) is 5.81. The Morgan fingerprint density at radius 3 is 2.61 bits per heavy atom. The van der Waals surface area contributed by atoms with E-state index < -0.39 is 10.0 Å². The van der Waals surface area contributed by atoms with E-state index in [1.807, 2.05) is 6.92 Å². The van der Waals surface area contributed by atoms with Crippen molar-refractivity contribution in [3.8, 4) is 0 Å². The summed E-state index contributed by atoms with van der Waals surface area (Å²) in [6.45, 7) is 2.85. The van der Waals surface area contributed by atoms with Crippen LogP contribution in [0.15, 0.2) is 47.4 Å². The number of sulfonamides is 1. The smallest absolute Gasteiger partial charge is 0.248 e. The van der Waals surface area contributed by atoms with Crippen molar-refractivity contribution >= 4 is 33.2 Å². The molecule has 0 unspecified atom stereocenters. The van der Waals surface area contributed by atoms with Crippen LogP contribution >= 0.6 is 11.6 Å². The first-order valence-corrected chi connectivity index (χ1v) is 9.17. The molecule has 1 aliphatic rings. The van der Waals surface area contributed by atoms with Crippen LogP contribution in [-0.4, -0.2) is 31.7 Å². The molecule has 1 heterocycles. The molecule has 0 atom stereocenters. The monoisotopic (exact) mass is 354 g/mol. The van der Waals surface area contributed by atoms with E-state index in [9.17, 15) is 13.2 Å². The third-order valence-electron chi connectivity index (χ3n) is 3.43. The Morgan fingerprint density at radius 1 is 1.26 bits per heavy atom. The van der Waals surface area contributed by atoms with E-state index in [0.29, 0.717) is 18.8 Å². The van der Waals surface area contributed by atoms with Crippen molar-refractivity contribution in [1.82, 2.24) is 4.31 Å². The largest absolute Gasteiger partial charge is 0.322 e. The van der Waals surface area contributed by atoms with E-state index in [4.69, 9.17) is 11.6 Å². The van der Waals surface area contributed by atoms with Gasteiger partial charge in [-0.25, -0.2) is 8.42 Å². The Bertz CT molecular complexity index is 736. The quantitative estimate of drug-likeness (QED) is 0.652. The zero-order valence-electron chi connectivity index (χ0n) is 12.8. The van der Waals surface area contributed by atoms with Gasteiger partial charge in [-0.05, 0) is 38.0 Å². The summed E-state index contributed by atoms with van der Waals surface area (Å²) in [4.78, 5) is 11.8. The summed E-state index contributed by atoms with van der Waals surface area (Å²) in [5.74, 6) is -0.338. The van der Waals surface area contributed by atoms with E-state index >= 15 is 0 Å². The van der Waals surface area contributed by atoms with Crippen molar-refractivity contribution in [2.75, 3.05) is 18.4 Å². The fraction of sp³-hybridized carbons (Fsp3) is 0.312. The first-order valence-electron chi connectivity index (χ1n) is 7.35. The Labute approximate surface area is 141 Å². The minimum Gasteiger partial charge on any atom is -0.322 e. The zero-order valence-corrected chi connectivity index (χ0v) is 14.4. The number of carbonyl (C=O) groups is 1. The lowest BCUT2D eigenvalue weighted by atomic mass is 10.3. The minimum absolute atomic E-state index is 0.0244. The Hall–Kier alpha value is -1.63. The summed E-state index contributed by atoms with van der Waals surface area (Å²) in [7, 11) is -3.63. The van der Waals surface area contributed by atoms with Crippen LogP contribution in [0.4, 0.5) is 5.69 Å². The number of hydrogen-bond acceptors (Lipinski definition) is 3. The number of benzene rings is 1. The van der Waals surface area contributed by atoms with Gasteiger partial charge in [0.05, 0.1) is 5.02 Å². The molecule has 5 nitrogen and oxygen atoms in total. The Kier molecular flexibility index (Phi) is 5.98. The number of nitrogens with zero attached hydrogens (tertiary/aromatic N) is 1. The normalized spacial score (nSPS) is 16.4. The van der Waals surface area contributed by atoms with E-state index in [1.165, 1.54) is 22.5 Å². The van der Waals surface area contributed by atoms with Crippen molar-refractivity contribution in [3.05, 3.63) is 47.5 Å². The molecule has 124 valence electrons. The highest BCUT2D eigenvalue weighted by molar-refractivity contribution is 7.89. The molecule has 1 N–H and O–H groups in total. The van der Waals surface area contributed by atoms with Crippen molar-refractivity contribution in [1.29, 1.82) is 0 Å². The number of nitrogens with one attached hydrogen (secondary N) is 1. The molecule has 1 saturated heterocycles. The van der Waals surface area contributed by atoms with Crippen LogP contribution in [0.2, 0.25) is 5.02 Å². The number of amides is 1. The summed E-state index contributed by atoms with van der Waals surface area (Å²) in [5.41, 5.74) is 0.391. The van der Waals surface area contributed by atoms with Gasteiger partial charge in [-0.15, -0.1) is 0 Å². The molecule has 1 aliphatic heterocycles. The van der Waals surface area contributed by atoms with Gasteiger partial charge in [-0.1, -0.05) is 29.8 Å². The molecular weight excluding hydrogens is 336 g/mol. The maximum Gasteiger partial charge on any atom is 0.248 e. The van der Waals surface area contributed by atoms with Gasteiger partial charge in [0.25, 0.3) is 0 Å². The minimum atomic E-state index is -3.63. The van der Waals surface area contributed by atoms with Crippen molar-refractivity contribution < 1.29 is 13.2 Å². The molecule has 0 aliphatic carbocycles. The van der Waals surface area contributed by atoms with Gasteiger partial charge in [0.15, 0.2) is 0 Å². The molecule has 0 bridgehead atoms. The number of allylic oxidation sites excluding steroid dienone is 3. The van der Waals surface area contributed by atoms with Gasteiger partial charge in [-0.3, -0.25) is 4.79 Å². The predicted octanol–water partition coefficient (Wildman–Crippen LogP) is 3.20. The van der Waals surface area contributed by atoms with Crippen LogP contribution in [0.25, 0.3) is 0 Å². The zero-order chi connectivity index (χ0) is 16.9. The van der Waals surface area contributed by atoms with Crippen LogP contribution in [0.1, 0.15) is 19.8 Å². The lowest BCUT2D eigenvalue weighted by molar-refractivity contribution is -0.111. The fourth-order valence-electron chi connectivity index (χ4n) is 2.28. The summed E-state index contributed by atoms with van der Waals surface area (Å²) in [5, 5.41) is 2.78. The lowest BCUT2D eigenvalue weighted by Crippen LogP contribution is -2.28. The average Bonchev–Trinajstić information content (AvgIpc) is 3.04. The molecule has 0 saturated carbocycles. The lowest BCUT2D eigenvalue weighted by Gasteiger charge is -2.17. The van der Waals surface area contributed by atoms with Gasteiger partial charge in [0.1, 0.15) is 4.90 Å². The predicted molar refractivity (Wildman–Crippen MR) is 92.0 cm³/mol. The van der Waals surface area contributed by atoms with Gasteiger partial charge in [0.2, 0.25) is 15.9 Å². The van der Waals surface area contributed by atoms with E-state index in [0.717, 1.165) is 12.8 Å². The Morgan fingerprint density at radius 2 is 1.96 bits per heavy atom. The van der Waals surface area contributed by atoms with Crippen LogP contribution in [0.3, 0.4) is 0 Å². The summed E-state index contributed by atoms with van der Waals surface area (Å²) in [6, 6.07) is 4.46. The van der Waals surface area contributed by atoms with Crippen molar-refractivity contribution in [2.45, 2.75) is 24.7 Å². The van der Waals surface area contributed by atoms with Gasteiger partial charge in [-0.2, -0.15) is 4.31 Å². The Balaban J connectivity index is 2.23. The highest BCUT2D eigenvalue weighted by Crippen LogP contribution is 2.29. The standard InChI is InChI=1S/C16H19ClN2O3S/c1-2-3-4-7-16(20)18-13-8-9-14(17)15(12-13)23(21,22)19-10-5-6-11-19/h2-4,7-9,12H,5-6,10-11H2,1H3,(H,18,20)/b3-2+,7-4+. The second-order valence-electron chi connectivity index (χ2n) is 5.13. The van der Waals surface area contributed by atoms with Crippen molar-refractivity contribution in [3.63, 3.8) is 0 Å². The number of hydrogen-bond donors (Lipinski definition) is 1. The molecule has 1 aromatic rings. The van der Waals surface area contributed by atoms with Gasteiger partial charge in [0, 0.05) is 24.9 Å². The molecule has 2 rings (SSSR count). The SMILES string of the molecule is C/C=C/C=C/C(=O)Nc1ccc(Cl)c(S(=O)(=O)N2CCCC2)c1. The average molecular weight is 355 g/mol. The van der Waals surface area contributed by atoms with Gasteiger partial charge < -0.3 is 5.32 Å². The maximum absolute atomic E-state index is 12.6. The number of carbonyl (C=O) groups excluding carboxylic acids is 1. The van der Waals surface area contributed by atoms with Crippen LogP contribution in [0.5, 0.6) is 0 Å². The second-order valence-corrected chi connectivity index (χ2v) is 7.44. The topological polar surface area (TPSA) is 66.5 Å². The molecule has 1 fully saturated rings. The van der Waals surface area contributed by atoms with Crippen molar-refractivity contribution in [2.24, 2.45) is 0 Å². The van der Waals surface area contributed by atoms with E-state index in [1.54, 1.807) is 24.3 Å². The fourth-order valence-corrected chi connectivity index (χ4v) is 4.30. The molecule has 23 heavy (non-hydrogen) atoms. The molecule has 0 aromatic heterocycles. The van der Waals surface area contributed by atoms with Gasteiger partial charge >= 0.3 is 0 Å². The molecule has 0 radical (unpaired) electrons. The second kappa shape index (κ2) is 7.77. The summed E-state index contributed by atoms with van der Waals surface area (Å²) >= 11 is 6.06. The molecular formula is C16H19ClN2O3S. The molecule has 1 aromatic carbocycles. The first kappa shape index (κ1) is 17.7. The third kappa shape index (κ3) is 4.43. The van der Waals surface area contributed by atoms with E-state index in [2.05, 4.69) is 5.32 Å².